The van der Waals surface area contributed by atoms with Gasteiger partial charge in [-0.05, 0) is 86.7 Å². The Morgan fingerprint density at radius 3 is 2.44 bits per heavy atom. The van der Waals surface area contributed by atoms with Gasteiger partial charge in [0, 0.05) is 25.2 Å². The van der Waals surface area contributed by atoms with Crippen LogP contribution in [0.1, 0.15) is 69.2 Å². The van der Waals surface area contributed by atoms with Crippen molar-refractivity contribution in [1.82, 2.24) is 29.9 Å². The number of hydrogen-bond donors (Lipinski definition) is 2. The van der Waals surface area contributed by atoms with Crippen LogP contribution in [-0.4, -0.2) is 56.2 Å². The Bertz CT molecular complexity index is 2130. The number of carbonyl (C=O) groups is 2. The summed E-state index contributed by atoms with van der Waals surface area (Å²) >= 11 is 0. The second-order valence-corrected chi connectivity index (χ2v) is 12.2. The quantitative estimate of drug-likeness (QED) is 0.188. The summed E-state index contributed by atoms with van der Waals surface area (Å²) in [6.07, 6.45) is 2.33. The smallest absolute Gasteiger partial charge is 0.439 e. The van der Waals surface area contributed by atoms with E-state index in [4.69, 9.17) is 14.2 Å². The Morgan fingerprint density at radius 2 is 1.74 bits per heavy atom. The van der Waals surface area contributed by atoms with Gasteiger partial charge in [-0.3, -0.25) is 19.3 Å². The molecule has 5 aromatic rings. The van der Waals surface area contributed by atoms with Crippen LogP contribution in [0, 0.1) is 17.5 Å². The minimum atomic E-state index is -0.997. The lowest BCUT2D eigenvalue weighted by Crippen LogP contribution is -2.39. The molecule has 0 aliphatic carbocycles. The number of nitrogens with one attached hydrogen (secondary N) is 2. The van der Waals surface area contributed by atoms with Crippen LogP contribution >= 0.6 is 0 Å². The summed E-state index contributed by atoms with van der Waals surface area (Å²) in [6, 6.07) is 12.7. The molecular formula is C36H33F3N6O5. The van der Waals surface area contributed by atoms with Gasteiger partial charge in [0.05, 0.1) is 40.9 Å². The van der Waals surface area contributed by atoms with Crippen molar-refractivity contribution in [2.45, 2.75) is 51.7 Å². The molecule has 1 amide bonds. The topological polar surface area (TPSA) is 135 Å². The molecule has 1 unspecified atom stereocenters. The number of ether oxygens (including phenoxy) is 1. The Balaban J connectivity index is 1.40. The monoisotopic (exact) mass is 686 g/mol. The number of fused-ring (bicyclic) bond motifs is 1. The number of amides is 1. The number of esters is 1. The zero-order valence-electron chi connectivity index (χ0n) is 27.1. The highest BCUT2D eigenvalue weighted by molar-refractivity contribution is 6.04. The van der Waals surface area contributed by atoms with Crippen molar-refractivity contribution in [1.29, 1.82) is 0 Å². The summed E-state index contributed by atoms with van der Waals surface area (Å²) in [7, 11) is 0. The maximum absolute atomic E-state index is 14.0. The molecule has 0 saturated carbocycles. The number of pyridine rings is 1. The number of rotatable bonds is 10. The number of nitrogens with zero attached hydrogens (tertiary/aromatic N) is 4. The number of hydrogen-bond acceptors (Lipinski definition) is 8. The molecule has 1 fully saturated rings. The van der Waals surface area contributed by atoms with E-state index < -0.39 is 23.4 Å². The fourth-order valence-corrected chi connectivity index (χ4v) is 6.79. The normalized spacial score (nSPS) is 15.8. The summed E-state index contributed by atoms with van der Waals surface area (Å²) in [5, 5.41) is 7.45. The molecule has 11 nitrogen and oxygen atoms in total. The first-order valence-electron chi connectivity index (χ1n) is 16.4. The first kappa shape index (κ1) is 33.0. The molecule has 1 saturated heterocycles. The highest BCUT2D eigenvalue weighted by Crippen LogP contribution is 2.42. The number of aromatic nitrogens is 4. The van der Waals surface area contributed by atoms with Crippen LogP contribution in [0.25, 0.3) is 22.6 Å². The summed E-state index contributed by atoms with van der Waals surface area (Å²) in [5.41, 5.74) is 3.94. The summed E-state index contributed by atoms with van der Waals surface area (Å²) in [5.74, 6) is -4.07. The van der Waals surface area contributed by atoms with E-state index in [2.05, 4.69) is 15.5 Å². The highest BCUT2D eigenvalue weighted by Gasteiger charge is 2.36. The van der Waals surface area contributed by atoms with Crippen molar-refractivity contribution in [3.8, 4) is 22.6 Å². The molecule has 2 aromatic carbocycles. The van der Waals surface area contributed by atoms with E-state index >= 15 is 0 Å². The Hall–Kier alpha value is -5.50. The van der Waals surface area contributed by atoms with Gasteiger partial charge in [0.25, 0.3) is 5.91 Å². The predicted octanol–water partition coefficient (Wildman–Crippen LogP) is 5.35. The molecule has 0 bridgehead atoms. The predicted molar refractivity (Wildman–Crippen MR) is 175 cm³/mol. The largest absolute Gasteiger partial charge is 0.462 e. The van der Waals surface area contributed by atoms with Gasteiger partial charge in [0.2, 0.25) is 0 Å². The first-order chi connectivity index (χ1) is 24.2. The summed E-state index contributed by atoms with van der Waals surface area (Å²) < 4.78 is 53.6. The average molecular weight is 687 g/mol. The minimum Gasteiger partial charge on any atom is -0.462 e. The lowest BCUT2D eigenvalue weighted by Gasteiger charge is -2.30. The second-order valence-electron chi connectivity index (χ2n) is 12.2. The zero-order valence-corrected chi connectivity index (χ0v) is 27.1. The van der Waals surface area contributed by atoms with Crippen LogP contribution in [0.4, 0.5) is 13.2 Å². The fraction of sp³-hybridized carbons (Fsp3) is 0.306. The van der Waals surface area contributed by atoms with Crippen LogP contribution in [0.3, 0.4) is 0 Å². The van der Waals surface area contributed by atoms with Gasteiger partial charge in [-0.15, -0.1) is 0 Å². The molecule has 2 N–H and O–H groups in total. The number of aryl methyl sites for hydroxylation is 2. The van der Waals surface area contributed by atoms with E-state index in [1.54, 1.807) is 40.7 Å². The van der Waals surface area contributed by atoms with Crippen molar-refractivity contribution in [3.05, 3.63) is 116 Å². The third-order valence-corrected chi connectivity index (χ3v) is 9.11. The van der Waals surface area contributed by atoms with Crippen molar-refractivity contribution in [2.75, 3.05) is 19.7 Å². The minimum absolute atomic E-state index is 0.0423. The number of benzene rings is 2. The average Bonchev–Trinajstić information content (AvgIpc) is 3.89. The van der Waals surface area contributed by atoms with Gasteiger partial charge in [-0.1, -0.05) is 23.4 Å². The van der Waals surface area contributed by atoms with Crippen molar-refractivity contribution < 1.29 is 32.0 Å². The maximum Gasteiger partial charge on any atom is 0.439 e. The van der Waals surface area contributed by atoms with Gasteiger partial charge < -0.3 is 19.5 Å². The molecule has 258 valence electrons. The van der Waals surface area contributed by atoms with Crippen molar-refractivity contribution in [2.24, 2.45) is 0 Å². The number of aromatic amines is 1. The third kappa shape index (κ3) is 6.33. The van der Waals surface area contributed by atoms with Gasteiger partial charge in [-0.25, -0.2) is 22.8 Å². The molecule has 0 radical (unpaired) electrons. The van der Waals surface area contributed by atoms with Crippen molar-refractivity contribution >= 4 is 11.9 Å². The maximum atomic E-state index is 14.0. The fourth-order valence-electron chi connectivity index (χ4n) is 6.79. The van der Waals surface area contributed by atoms with Crippen LogP contribution in [0.5, 0.6) is 0 Å². The molecule has 2 aliphatic rings. The van der Waals surface area contributed by atoms with E-state index in [9.17, 15) is 27.6 Å². The van der Waals surface area contributed by atoms with Gasteiger partial charge >= 0.3 is 11.7 Å². The molecular weight excluding hydrogens is 653 g/mol. The number of halogens is 3. The lowest BCUT2D eigenvalue weighted by molar-refractivity contribution is 0.0524. The molecule has 7 rings (SSSR count). The summed E-state index contributed by atoms with van der Waals surface area (Å²) in [4.78, 5) is 49.4. The van der Waals surface area contributed by atoms with E-state index in [0.29, 0.717) is 65.3 Å². The van der Waals surface area contributed by atoms with E-state index in [1.165, 1.54) is 18.2 Å². The first-order valence-corrected chi connectivity index (χ1v) is 16.4. The van der Waals surface area contributed by atoms with Crippen LogP contribution in [0.2, 0.25) is 0 Å². The third-order valence-electron chi connectivity index (χ3n) is 9.11. The Labute approximate surface area is 284 Å². The number of carbonyl (C=O) groups excluding carboxylic acids is 2. The van der Waals surface area contributed by atoms with E-state index in [0.717, 1.165) is 30.7 Å². The van der Waals surface area contributed by atoms with Gasteiger partial charge in [0.15, 0.2) is 17.5 Å². The van der Waals surface area contributed by atoms with E-state index in [-0.39, 0.29) is 48.9 Å². The van der Waals surface area contributed by atoms with Crippen LogP contribution < -0.4 is 11.1 Å². The van der Waals surface area contributed by atoms with Crippen LogP contribution in [0.15, 0.2) is 63.9 Å². The molecule has 2 aliphatic heterocycles. The van der Waals surface area contributed by atoms with Crippen molar-refractivity contribution in [3.63, 3.8) is 0 Å². The molecule has 1 atom stereocenters. The van der Waals surface area contributed by atoms with E-state index in [1.807, 2.05) is 0 Å². The number of H-pyrrole nitrogens is 1. The zero-order chi connectivity index (χ0) is 34.9. The summed E-state index contributed by atoms with van der Waals surface area (Å²) in [6.45, 7) is 3.10. The molecule has 5 heterocycles. The Morgan fingerprint density at radius 1 is 0.960 bits per heavy atom. The van der Waals surface area contributed by atoms with Crippen LogP contribution in [-0.2, 0) is 30.7 Å². The Kier molecular flexibility index (Phi) is 9.10. The van der Waals surface area contributed by atoms with Gasteiger partial charge in [-0.2, -0.15) is 0 Å². The molecule has 50 heavy (non-hydrogen) atoms. The van der Waals surface area contributed by atoms with Gasteiger partial charge in [0.1, 0.15) is 11.5 Å². The molecule has 3 aromatic heterocycles. The molecule has 14 heteroatoms. The highest BCUT2D eigenvalue weighted by atomic mass is 19.2. The standard InChI is InChI=1S/C36H33F3N6O5/c1-2-49-35(47)31-30(27-13-14-28-34(46)44(16-17-45(27)28)19-21-7-11-23(38)24(39)18-21)29(33-42-36(48)50-43-33)25(41-32(31)26-4-3-15-40-26)12-8-20-5-9-22(37)10-6-20/h5-7,9-11,13-14,18,26,40H,2-4,8,12,15-17,19H2,1H3,(H,42,43,48). The second kappa shape index (κ2) is 13.8. The molecule has 0 spiro atoms. The SMILES string of the molecule is CCOC(=O)c1c(C2CCCN2)nc(CCc2ccc(F)cc2)c(-c2noc(=O)[nH]2)c1-c1ccc2n1CCN(Cc1ccc(F)c(F)c1)C2=O. The lowest BCUT2D eigenvalue weighted by atomic mass is 9.90.